The van der Waals surface area contributed by atoms with Gasteiger partial charge in [-0.15, -0.1) is 0 Å². The van der Waals surface area contributed by atoms with Crippen LogP contribution in [0.5, 0.6) is 0 Å². The molecule has 1 amide bonds. The van der Waals surface area contributed by atoms with Gasteiger partial charge in [0.25, 0.3) is 0 Å². The zero-order chi connectivity index (χ0) is 33.8. The van der Waals surface area contributed by atoms with Crippen molar-refractivity contribution in [3.05, 3.63) is 95.7 Å². The highest BCUT2D eigenvalue weighted by Crippen LogP contribution is 2.29. The number of benzene rings is 3. The van der Waals surface area contributed by atoms with Crippen molar-refractivity contribution in [1.82, 2.24) is 14.2 Å². The van der Waals surface area contributed by atoms with Crippen LogP contribution in [0.25, 0.3) is 10.9 Å². The van der Waals surface area contributed by atoms with Gasteiger partial charge in [0, 0.05) is 68.5 Å². The Morgan fingerprint density at radius 2 is 1.66 bits per heavy atom. The molecule has 12 heteroatoms. The highest BCUT2D eigenvalue weighted by atomic mass is 32.2. The molecule has 0 saturated carbocycles. The maximum atomic E-state index is 14.3. The number of para-hydroxylation sites is 1. The highest BCUT2D eigenvalue weighted by Gasteiger charge is 2.29. The van der Waals surface area contributed by atoms with Crippen molar-refractivity contribution in [3.8, 4) is 0 Å². The van der Waals surface area contributed by atoms with Gasteiger partial charge in [0.2, 0.25) is 10.0 Å². The predicted molar refractivity (Wildman–Crippen MR) is 182 cm³/mol. The molecule has 0 spiro atoms. The van der Waals surface area contributed by atoms with Crippen LogP contribution in [0.2, 0.25) is 0 Å². The number of carboxylic acids is 1. The van der Waals surface area contributed by atoms with Crippen LogP contribution in [0, 0.1) is 0 Å². The number of nitrogens with two attached hydrogens (primary N) is 1. The van der Waals surface area contributed by atoms with Crippen molar-refractivity contribution < 1.29 is 27.9 Å². The number of hydrogen-bond acceptors (Lipinski definition) is 7. The molecule has 1 aromatic heterocycles. The molecule has 3 aromatic carbocycles. The molecule has 0 radical (unpaired) electrons. The number of carbonyl (C=O) groups excluding carboxylic acids is 1. The Balaban J connectivity index is 1.40. The second-order valence-electron chi connectivity index (χ2n) is 12.8. The first-order valence-electron chi connectivity index (χ1n) is 15.7. The number of anilines is 1. The normalized spacial score (nSPS) is 14.8. The van der Waals surface area contributed by atoms with Crippen LogP contribution in [0.3, 0.4) is 0 Å². The van der Waals surface area contributed by atoms with E-state index in [0.717, 1.165) is 22.2 Å². The van der Waals surface area contributed by atoms with Crippen LogP contribution in [-0.2, 0) is 38.9 Å². The maximum Gasteiger partial charge on any atom is 0.410 e. The fraction of sp³-hybridized carbons (Fsp3) is 0.371. The van der Waals surface area contributed by atoms with Crippen LogP contribution in [-0.4, -0.2) is 84.1 Å². The van der Waals surface area contributed by atoms with E-state index >= 15 is 0 Å². The number of H-pyrrole nitrogens is 1. The molecular weight excluding hydrogens is 618 g/mol. The summed E-state index contributed by atoms with van der Waals surface area (Å²) in [6.07, 6.45) is 1.99. The quantitative estimate of drug-likeness (QED) is 0.211. The van der Waals surface area contributed by atoms with E-state index in [0.29, 0.717) is 43.7 Å². The molecule has 2 heterocycles. The number of carbonyl (C=O) groups is 2. The van der Waals surface area contributed by atoms with Gasteiger partial charge in [-0.05, 0) is 62.1 Å². The Kier molecular flexibility index (Phi) is 10.2. The lowest BCUT2D eigenvalue weighted by Crippen LogP contribution is -2.50. The molecule has 1 saturated heterocycles. The van der Waals surface area contributed by atoms with Crippen LogP contribution >= 0.6 is 0 Å². The third kappa shape index (κ3) is 8.31. The first-order valence-corrected chi connectivity index (χ1v) is 17.2. The van der Waals surface area contributed by atoms with Crippen LogP contribution in [0.15, 0.2) is 83.9 Å². The Morgan fingerprint density at radius 1 is 0.979 bits per heavy atom. The number of hydrogen-bond donors (Lipinski definition) is 3. The number of amides is 1. The van der Waals surface area contributed by atoms with E-state index in [4.69, 9.17) is 10.5 Å². The number of piperazine rings is 1. The lowest BCUT2D eigenvalue weighted by Gasteiger charge is -2.38. The molecular formula is C35H43N5O6S. The summed E-state index contributed by atoms with van der Waals surface area (Å²) in [5.41, 5.74) is 9.30. The summed E-state index contributed by atoms with van der Waals surface area (Å²) in [6, 6.07) is 21.4. The van der Waals surface area contributed by atoms with Gasteiger partial charge in [0.15, 0.2) is 0 Å². The number of carboxylic acid groups (broad SMARTS) is 1. The van der Waals surface area contributed by atoms with Crippen LogP contribution in [0.1, 0.15) is 37.5 Å². The van der Waals surface area contributed by atoms with Gasteiger partial charge < -0.3 is 30.4 Å². The zero-order valence-corrected chi connectivity index (χ0v) is 27.9. The highest BCUT2D eigenvalue weighted by molar-refractivity contribution is 7.89. The smallest absolute Gasteiger partial charge is 0.410 e. The molecule has 11 nitrogen and oxygen atoms in total. The van der Waals surface area contributed by atoms with E-state index in [9.17, 15) is 23.1 Å². The minimum atomic E-state index is -3.97. The molecule has 0 unspecified atom stereocenters. The van der Waals surface area contributed by atoms with Gasteiger partial charge in [-0.1, -0.05) is 54.6 Å². The Labute approximate surface area is 276 Å². The summed E-state index contributed by atoms with van der Waals surface area (Å²) < 4.78 is 35.7. The zero-order valence-electron chi connectivity index (χ0n) is 27.1. The summed E-state index contributed by atoms with van der Waals surface area (Å²) in [5, 5.41) is 9.98. The SMILES string of the molecule is CC(C)(C)OC(=O)N1CCN(c2ccccc2CN(CCc2ccccc2)S(=O)(=O)c2ccc3c(C[C@H](N)C(=O)O)c[nH]c3c2)CC1. The predicted octanol–water partition coefficient (Wildman–Crippen LogP) is 4.61. The van der Waals surface area contributed by atoms with Crippen molar-refractivity contribution in [2.75, 3.05) is 37.6 Å². The fourth-order valence-corrected chi connectivity index (χ4v) is 7.20. The van der Waals surface area contributed by atoms with E-state index in [2.05, 4.69) is 9.88 Å². The van der Waals surface area contributed by atoms with E-state index < -0.39 is 27.6 Å². The number of nitrogens with one attached hydrogen (secondary N) is 1. The minimum absolute atomic E-state index is 0.119. The first kappa shape index (κ1) is 34.0. The van der Waals surface area contributed by atoms with Crippen LogP contribution in [0.4, 0.5) is 10.5 Å². The molecule has 1 aliphatic heterocycles. The van der Waals surface area contributed by atoms with Crippen molar-refractivity contribution >= 4 is 38.7 Å². The van der Waals surface area contributed by atoms with Crippen molar-refractivity contribution in [2.45, 2.75) is 56.7 Å². The number of aromatic amines is 1. The molecule has 4 N–H and O–H groups in total. The molecule has 1 fully saturated rings. The molecule has 47 heavy (non-hydrogen) atoms. The van der Waals surface area contributed by atoms with Gasteiger partial charge in [-0.3, -0.25) is 4.79 Å². The molecule has 5 rings (SSSR count). The van der Waals surface area contributed by atoms with Gasteiger partial charge >= 0.3 is 12.1 Å². The minimum Gasteiger partial charge on any atom is -0.480 e. The summed E-state index contributed by atoms with van der Waals surface area (Å²) in [5.74, 6) is -1.10. The van der Waals surface area contributed by atoms with Crippen molar-refractivity contribution in [2.24, 2.45) is 5.73 Å². The van der Waals surface area contributed by atoms with Crippen molar-refractivity contribution in [3.63, 3.8) is 0 Å². The van der Waals surface area contributed by atoms with Gasteiger partial charge in [-0.2, -0.15) is 4.31 Å². The molecule has 0 aliphatic carbocycles. The third-order valence-corrected chi connectivity index (χ3v) is 10.1. The molecule has 4 aromatic rings. The summed E-state index contributed by atoms with van der Waals surface area (Å²) in [4.78, 5) is 31.1. The van der Waals surface area contributed by atoms with Gasteiger partial charge in [-0.25, -0.2) is 13.2 Å². The first-order chi connectivity index (χ1) is 22.3. The summed E-state index contributed by atoms with van der Waals surface area (Å²) >= 11 is 0. The standard InChI is InChI=1S/C35H43N5O6S/c1-35(2,3)46-34(43)39-19-17-38(18-20-39)32-12-8-7-11-26(32)24-40(16-15-25-9-5-4-6-10-25)47(44,45)28-13-14-29-27(21-30(36)33(41)42)23-37-31(29)22-28/h4-14,22-23,30,37H,15-21,24,36H2,1-3H3,(H,41,42)/t30-/m0/s1. The summed E-state index contributed by atoms with van der Waals surface area (Å²) in [7, 11) is -3.97. The fourth-order valence-electron chi connectivity index (χ4n) is 5.75. The number of ether oxygens (including phenoxy) is 1. The lowest BCUT2D eigenvalue weighted by molar-refractivity contribution is -0.138. The molecule has 1 aliphatic rings. The molecule has 1 atom stereocenters. The van der Waals surface area contributed by atoms with Crippen LogP contribution < -0.4 is 10.6 Å². The number of aromatic nitrogens is 1. The van der Waals surface area contributed by atoms with E-state index in [1.165, 1.54) is 4.31 Å². The third-order valence-electron chi connectivity index (χ3n) is 8.24. The maximum absolute atomic E-state index is 14.3. The molecule has 250 valence electrons. The summed E-state index contributed by atoms with van der Waals surface area (Å²) in [6.45, 7) is 8.12. The second kappa shape index (κ2) is 14.2. The van der Waals surface area contributed by atoms with Gasteiger partial charge in [0.1, 0.15) is 11.6 Å². The number of fused-ring (bicyclic) bond motifs is 1. The Bertz CT molecular complexity index is 1810. The topological polar surface area (TPSA) is 149 Å². The number of aliphatic carboxylic acids is 1. The average molecular weight is 662 g/mol. The number of rotatable bonds is 11. The monoisotopic (exact) mass is 661 g/mol. The van der Waals surface area contributed by atoms with Crippen molar-refractivity contribution in [1.29, 1.82) is 0 Å². The number of sulfonamides is 1. The van der Waals surface area contributed by atoms with E-state index in [1.807, 2.05) is 75.4 Å². The Morgan fingerprint density at radius 3 is 2.34 bits per heavy atom. The van der Waals surface area contributed by atoms with E-state index in [-0.39, 0.29) is 30.5 Å². The van der Waals surface area contributed by atoms with Gasteiger partial charge in [0.05, 0.1) is 4.90 Å². The van der Waals surface area contributed by atoms with E-state index in [1.54, 1.807) is 29.3 Å². The largest absolute Gasteiger partial charge is 0.480 e. The molecule has 0 bridgehead atoms. The average Bonchev–Trinajstić information content (AvgIpc) is 3.44. The lowest BCUT2D eigenvalue weighted by atomic mass is 10.1. The number of nitrogens with zero attached hydrogens (tertiary/aromatic N) is 3. The Hall–Kier alpha value is -4.39. The second-order valence-corrected chi connectivity index (χ2v) is 14.8.